The molecule has 2 aromatic carbocycles. The topological polar surface area (TPSA) is 173 Å². The number of hydrogen-bond donors (Lipinski definition) is 3. The standard InChI is InChI=1S/C39H49N5O8S/c1-5-28-22-39(28,36(47)43-53(49,50)31-18-19-31)42-34(45)32-21-30(52-40-23-25-12-11-15-27(20-25)26-13-7-6-8-14-26)24-44(32)35(46)33(38(2,3)4)41-37(48)51-29-16-9-10-17-29/h5-8,11-15,20,23,28-33H,1,9-10,16-19,21-22,24H2,2-4H3,(H,41,48)(H,42,45)(H,43,47)/b40-23+/t28-,30-,32+,33-,39+/m1/s1. The summed E-state index contributed by atoms with van der Waals surface area (Å²) in [5.74, 6) is -2.53. The van der Waals surface area contributed by atoms with Gasteiger partial charge in [0.05, 0.1) is 18.0 Å². The molecule has 0 spiro atoms. The highest BCUT2D eigenvalue weighted by atomic mass is 32.2. The van der Waals surface area contributed by atoms with Crippen LogP contribution in [0.5, 0.6) is 0 Å². The van der Waals surface area contributed by atoms with Gasteiger partial charge in [-0.25, -0.2) is 13.2 Å². The van der Waals surface area contributed by atoms with Crippen molar-refractivity contribution in [1.82, 2.24) is 20.3 Å². The molecule has 5 atom stereocenters. The molecule has 4 aliphatic rings. The summed E-state index contributed by atoms with van der Waals surface area (Å²) < 4.78 is 33.1. The SMILES string of the molecule is C=C[C@@H]1C[C@@]1(NC(=O)[C@@H]1C[C@@H](O/N=C/c2cccc(-c3ccccc3)c2)CN1C(=O)[C@@H](NC(=O)OC1CCCC1)C(C)(C)C)C(=O)NS(=O)(=O)C1CC1. The van der Waals surface area contributed by atoms with Gasteiger partial charge in [0.25, 0.3) is 5.91 Å². The van der Waals surface area contributed by atoms with Crippen molar-refractivity contribution in [2.75, 3.05) is 6.54 Å². The molecule has 1 aliphatic heterocycles. The summed E-state index contributed by atoms with van der Waals surface area (Å²) in [6, 6.07) is 15.4. The van der Waals surface area contributed by atoms with Crippen molar-refractivity contribution in [2.24, 2.45) is 16.5 Å². The van der Waals surface area contributed by atoms with Crippen LogP contribution in [0.4, 0.5) is 4.79 Å². The number of sulfonamides is 1. The molecule has 53 heavy (non-hydrogen) atoms. The number of alkyl carbamates (subject to hydrolysis) is 1. The first kappa shape index (κ1) is 38.0. The van der Waals surface area contributed by atoms with E-state index in [-0.39, 0.29) is 25.5 Å². The Kier molecular flexibility index (Phi) is 11.0. The number of hydrogen-bond acceptors (Lipinski definition) is 9. The smallest absolute Gasteiger partial charge is 0.408 e. The van der Waals surface area contributed by atoms with E-state index < -0.39 is 74.1 Å². The zero-order valence-corrected chi connectivity index (χ0v) is 31.3. The lowest BCUT2D eigenvalue weighted by Crippen LogP contribution is -2.60. The lowest BCUT2D eigenvalue weighted by atomic mass is 9.85. The zero-order chi connectivity index (χ0) is 38.0. The second-order valence-corrected chi connectivity index (χ2v) is 17.6. The predicted octanol–water partition coefficient (Wildman–Crippen LogP) is 4.43. The first-order valence-electron chi connectivity index (χ1n) is 18.3. The van der Waals surface area contributed by atoms with Gasteiger partial charge < -0.3 is 25.1 Å². The molecule has 4 amide bonds. The third kappa shape index (κ3) is 8.91. The third-order valence-electron chi connectivity index (χ3n) is 10.5. The summed E-state index contributed by atoms with van der Waals surface area (Å²) in [4.78, 5) is 62.2. The molecule has 3 saturated carbocycles. The first-order chi connectivity index (χ1) is 25.2. The summed E-state index contributed by atoms with van der Waals surface area (Å²) in [6.45, 7) is 9.14. The van der Waals surface area contributed by atoms with E-state index >= 15 is 0 Å². The molecular formula is C39H49N5O8S. The molecule has 13 nitrogen and oxygen atoms in total. The average molecular weight is 748 g/mol. The van der Waals surface area contributed by atoms with Crippen molar-refractivity contribution in [2.45, 2.75) is 107 Å². The zero-order valence-electron chi connectivity index (χ0n) is 30.5. The molecule has 1 heterocycles. The molecule has 0 bridgehead atoms. The van der Waals surface area contributed by atoms with Gasteiger partial charge >= 0.3 is 6.09 Å². The van der Waals surface area contributed by atoms with Crippen LogP contribution in [0.15, 0.2) is 72.4 Å². The minimum absolute atomic E-state index is 0.0270. The van der Waals surface area contributed by atoms with Crippen molar-refractivity contribution in [3.8, 4) is 11.1 Å². The van der Waals surface area contributed by atoms with Crippen LogP contribution in [0.1, 0.15) is 77.7 Å². The number of oxime groups is 1. The second kappa shape index (κ2) is 15.3. The van der Waals surface area contributed by atoms with Crippen LogP contribution in [0.3, 0.4) is 0 Å². The molecular weight excluding hydrogens is 699 g/mol. The molecule has 6 rings (SSSR count). The van der Waals surface area contributed by atoms with Crippen LogP contribution in [0.25, 0.3) is 11.1 Å². The Morgan fingerprint density at radius 1 is 0.981 bits per heavy atom. The quantitative estimate of drug-likeness (QED) is 0.154. The molecule has 0 radical (unpaired) electrons. The van der Waals surface area contributed by atoms with Crippen LogP contribution in [0.2, 0.25) is 0 Å². The van der Waals surface area contributed by atoms with Crippen LogP contribution < -0.4 is 15.4 Å². The fourth-order valence-electron chi connectivity index (χ4n) is 7.12. The fourth-order valence-corrected chi connectivity index (χ4v) is 8.48. The molecule has 0 aromatic heterocycles. The Hall–Kier alpha value is -4.72. The van der Waals surface area contributed by atoms with E-state index in [4.69, 9.17) is 9.57 Å². The minimum atomic E-state index is -3.89. The Labute approximate surface area is 311 Å². The number of carbonyl (C=O) groups excluding carboxylic acids is 4. The van der Waals surface area contributed by atoms with Gasteiger partial charge in [0.1, 0.15) is 29.8 Å². The maximum atomic E-state index is 14.4. The number of benzene rings is 2. The number of amides is 4. The van der Waals surface area contributed by atoms with Gasteiger partial charge in [0.15, 0.2) is 0 Å². The second-order valence-electron chi connectivity index (χ2n) is 15.6. The predicted molar refractivity (Wildman–Crippen MR) is 199 cm³/mol. The average Bonchev–Trinajstić information content (AvgIpc) is 4.00. The van der Waals surface area contributed by atoms with E-state index in [1.807, 2.05) is 54.6 Å². The van der Waals surface area contributed by atoms with E-state index in [9.17, 15) is 27.6 Å². The van der Waals surface area contributed by atoms with E-state index in [2.05, 4.69) is 27.1 Å². The van der Waals surface area contributed by atoms with Gasteiger partial charge in [-0.05, 0) is 73.1 Å². The maximum Gasteiger partial charge on any atom is 0.408 e. The van der Waals surface area contributed by atoms with Crippen molar-refractivity contribution in [3.05, 3.63) is 72.8 Å². The fraction of sp³-hybridized carbons (Fsp3) is 0.513. The number of nitrogens with zero attached hydrogens (tertiary/aromatic N) is 2. The largest absolute Gasteiger partial charge is 0.446 e. The number of rotatable bonds is 13. The summed E-state index contributed by atoms with van der Waals surface area (Å²) in [7, 11) is -3.89. The van der Waals surface area contributed by atoms with Crippen LogP contribution in [-0.2, 0) is 34.0 Å². The highest BCUT2D eigenvalue weighted by Gasteiger charge is 2.62. The van der Waals surface area contributed by atoms with E-state index in [1.165, 1.54) is 11.0 Å². The van der Waals surface area contributed by atoms with Gasteiger partial charge in [-0.3, -0.25) is 19.1 Å². The third-order valence-corrected chi connectivity index (χ3v) is 12.3. The summed E-state index contributed by atoms with van der Waals surface area (Å²) in [6.07, 6.45) is 5.97. The molecule has 1 saturated heterocycles. The Bertz CT molecular complexity index is 1850. The van der Waals surface area contributed by atoms with Crippen molar-refractivity contribution < 1.29 is 37.2 Å². The van der Waals surface area contributed by atoms with E-state index in [1.54, 1.807) is 27.0 Å². The van der Waals surface area contributed by atoms with Gasteiger partial charge in [0.2, 0.25) is 21.8 Å². The molecule has 3 N–H and O–H groups in total. The number of carbonyl (C=O) groups is 4. The van der Waals surface area contributed by atoms with Gasteiger partial charge in [-0.2, -0.15) is 0 Å². The lowest BCUT2D eigenvalue weighted by molar-refractivity contribution is -0.143. The number of ether oxygens (including phenoxy) is 1. The van der Waals surface area contributed by atoms with E-state index in [0.717, 1.165) is 42.4 Å². The Morgan fingerprint density at radius 3 is 2.32 bits per heavy atom. The van der Waals surface area contributed by atoms with E-state index in [0.29, 0.717) is 12.8 Å². The minimum Gasteiger partial charge on any atom is -0.446 e. The molecule has 0 unspecified atom stereocenters. The van der Waals surface area contributed by atoms with Gasteiger partial charge in [0, 0.05) is 12.3 Å². The van der Waals surface area contributed by atoms with Crippen molar-refractivity contribution >= 4 is 40.1 Å². The first-order valence-corrected chi connectivity index (χ1v) is 19.9. The summed E-state index contributed by atoms with van der Waals surface area (Å²) >= 11 is 0. The normalized spacial score (nSPS) is 25.0. The monoisotopic (exact) mass is 747 g/mol. The summed E-state index contributed by atoms with van der Waals surface area (Å²) in [5, 5.41) is 9.12. The summed E-state index contributed by atoms with van der Waals surface area (Å²) in [5.41, 5.74) is 0.501. The van der Waals surface area contributed by atoms with Crippen molar-refractivity contribution in [1.29, 1.82) is 0 Å². The van der Waals surface area contributed by atoms with Crippen LogP contribution >= 0.6 is 0 Å². The number of likely N-dealkylation sites (tertiary alicyclic amines) is 1. The van der Waals surface area contributed by atoms with Crippen LogP contribution in [0, 0.1) is 11.3 Å². The van der Waals surface area contributed by atoms with Gasteiger partial charge in [-0.1, -0.05) is 80.5 Å². The lowest BCUT2D eigenvalue weighted by Gasteiger charge is -2.35. The molecule has 3 aliphatic carbocycles. The van der Waals surface area contributed by atoms with Crippen LogP contribution in [-0.4, -0.2) is 85.0 Å². The van der Waals surface area contributed by atoms with Crippen molar-refractivity contribution in [3.63, 3.8) is 0 Å². The Morgan fingerprint density at radius 2 is 1.68 bits per heavy atom. The highest BCUT2D eigenvalue weighted by molar-refractivity contribution is 7.91. The molecule has 284 valence electrons. The molecule has 4 fully saturated rings. The Balaban J connectivity index is 1.21. The molecule has 2 aromatic rings. The molecule has 14 heteroatoms. The number of nitrogens with one attached hydrogen (secondary N) is 3. The highest BCUT2D eigenvalue weighted by Crippen LogP contribution is 2.45. The van der Waals surface area contributed by atoms with Gasteiger partial charge in [-0.15, -0.1) is 6.58 Å². The maximum absolute atomic E-state index is 14.4.